The van der Waals surface area contributed by atoms with Crippen molar-refractivity contribution in [2.75, 3.05) is 0 Å². The van der Waals surface area contributed by atoms with E-state index in [-0.39, 0.29) is 12.2 Å². The Hall–Kier alpha value is -0.860. The molecule has 0 aromatic rings. The molecule has 0 radical (unpaired) electrons. The minimum Gasteiger partial charge on any atom is -0.296 e. The van der Waals surface area contributed by atoms with Crippen LogP contribution in [0.3, 0.4) is 0 Å². The van der Waals surface area contributed by atoms with Gasteiger partial charge < -0.3 is 0 Å². The number of rotatable bonds is 8. The van der Waals surface area contributed by atoms with Gasteiger partial charge >= 0.3 is 0 Å². The maximum Gasteiger partial charge on any atom is 0.173 e. The molecule has 2 nitrogen and oxygen atoms in total. The van der Waals surface area contributed by atoms with Crippen LogP contribution in [0.2, 0.25) is 0 Å². The molecule has 0 aromatic carbocycles. The second-order valence-corrected chi connectivity index (χ2v) is 5.02. The number of alkyl halides is 2. The van der Waals surface area contributed by atoms with E-state index in [1.165, 1.54) is 6.08 Å². The van der Waals surface area contributed by atoms with Crippen LogP contribution in [0.5, 0.6) is 0 Å². The van der Waals surface area contributed by atoms with Gasteiger partial charge in [-0.2, -0.15) is 0 Å². The standard InChI is InChI=1S/C14H18Cl2O2/c1-3-11(2)8-6-4-5-7-9-12(17)10-13(18)14(15)16/h4-9,11,14H,3,10H2,1-2H3/b5-4+,8-6+,9-7+/t11-/m0/s1. The third-order valence-corrected chi connectivity index (χ3v) is 2.78. The highest BCUT2D eigenvalue weighted by atomic mass is 35.5. The van der Waals surface area contributed by atoms with Gasteiger partial charge in [-0.15, -0.1) is 0 Å². The molecule has 0 saturated carbocycles. The van der Waals surface area contributed by atoms with Gasteiger partial charge in [0.2, 0.25) is 0 Å². The number of carbonyl (C=O) groups excluding carboxylic acids is 2. The molecule has 100 valence electrons. The summed E-state index contributed by atoms with van der Waals surface area (Å²) in [7, 11) is 0. The van der Waals surface area contributed by atoms with E-state index < -0.39 is 10.6 Å². The summed E-state index contributed by atoms with van der Waals surface area (Å²) in [6.45, 7) is 4.25. The fourth-order valence-corrected chi connectivity index (χ4v) is 1.14. The normalized spacial score (nSPS) is 14.1. The Morgan fingerprint density at radius 1 is 1.11 bits per heavy atom. The van der Waals surface area contributed by atoms with Crippen LogP contribution in [-0.2, 0) is 9.59 Å². The zero-order valence-electron chi connectivity index (χ0n) is 10.6. The molecule has 0 amide bonds. The molecule has 0 aromatic heterocycles. The third-order valence-electron chi connectivity index (χ3n) is 2.29. The number of Topliss-reactive ketones (excluding diaryl/α,β-unsaturated/α-hetero) is 1. The quantitative estimate of drug-likeness (QED) is 0.292. The molecule has 0 N–H and O–H groups in total. The summed E-state index contributed by atoms with van der Waals surface area (Å²) in [4.78, 5) is 21.2. The van der Waals surface area contributed by atoms with E-state index in [4.69, 9.17) is 23.2 Å². The summed E-state index contributed by atoms with van der Waals surface area (Å²) >= 11 is 10.7. The Balaban J connectivity index is 4.02. The van der Waals surface area contributed by atoms with Crippen molar-refractivity contribution in [3.05, 3.63) is 36.5 Å². The Morgan fingerprint density at radius 3 is 2.28 bits per heavy atom. The number of ketones is 2. The van der Waals surface area contributed by atoms with Gasteiger partial charge in [0, 0.05) is 0 Å². The van der Waals surface area contributed by atoms with Crippen molar-refractivity contribution < 1.29 is 9.59 Å². The highest BCUT2D eigenvalue weighted by Gasteiger charge is 2.13. The van der Waals surface area contributed by atoms with E-state index in [9.17, 15) is 9.59 Å². The lowest BCUT2D eigenvalue weighted by Crippen LogP contribution is -2.12. The Labute approximate surface area is 118 Å². The molecule has 1 atom stereocenters. The number of hydrogen-bond donors (Lipinski definition) is 0. The minimum atomic E-state index is -1.13. The van der Waals surface area contributed by atoms with Crippen molar-refractivity contribution in [3.63, 3.8) is 0 Å². The van der Waals surface area contributed by atoms with Gasteiger partial charge in [0.1, 0.15) is 0 Å². The van der Waals surface area contributed by atoms with E-state index in [1.807, 2.05) is 12.2 Å². The van der Waals surface area contributed by atoms with Crippen LogP contribution in [0.15, 0.2) is 36.5 Å². The number of carbonyl (C=O) groups is 2. The molecular formula is C14H18Cl2O2. The van der Waals surface area contributed by atoms with Crippen LogP contribution in [0.4, 0.5) is 0 Å². The first kappa shape index (κ1) is 17.1. The van der Waals surface area contributed by atoms with Crippen LogP contribution >= 0.6 is 23.2 Å². The monoisotopic (exact) mass is 288 g/mol. The summed E-state index contributed by atoms with van der Waals surface area (Å²) in [5.74, 6) is -0.238. The van der Waals surface area contributed by atoms with Gasteiger partial charge in [0.05, 0.1) is 6.42 Å². The smallest absolute Gasteiger partial charge is 0.173 e. The maximum absolute atomic E-state index is 11.3. The molecule has 0 spiro atoms. The van der Waals surface area contributed by atoms with E-state index >= 15 is 0 Å². The lowest BCUT2D eigenvalue weighted by atomic mass is 10.1. The topological polar surface area (TPSA) is 34.1 Å². The summed E-state index contributed by atoms with van der Waals surface area (Å²) in [6.07, 6.45) is 11.4. The lowest BCUT2D eigenvalue weighted by Gasteiger charge is -1.96. The molecule has 0 aliphatic rings. The van der Waals surface area contributed by atoms with Crippen LogP contribution in [0, 0.1) is 5.92 Å². The van der Waals surface area contributed by atoms with E-state index in [1.54, 1.807) is 12.2 Å². The Morgan fingerprint density at radius 2 is 1.72 bits per heavy atom. The highest BCUT2D eigenvalue weighted by Crippen LogP contribution is 2.06. The van der Waals surface area contributed by atoms with Crippen LogP contribution in [0.25, 0.3) is 0 Å². The van der Waals surface area contributed by atoms with Crippen molar-refractivity contribution >= 4 is 34.8 Å². The van der Waals surface area contributed by atoms with Crippen molar-refractivity contribution in [3.8, 4) is 0 Å². The third kappa shape index (κ3) is 9.20. The largest absolute Gasteiger partial charge is 0.296 e. The Kier molecular flexibility index (Phi) is 9.62. The summed E-state index contributed by atoms with van der Waals surface area (Å²) in [5, 5.41) is 0. The number of allylic oxidation sites excluding steroid dienone is 6. The van der Waals surface area contributed by atoms with Gasteiger partial charge in [-0.3, -0.25) is 9.59 Å². The van der Waals surface area contributed by atoms with Crippen molar-refractivity contribution in [2.24, 2.45) is 5.92 Å². The lowest BCUT2D eigenvalue weighted by molar-refractivity contribution is -0.123. The average Bonchev–Trinajstić information content (AvgIpc) is 2.32. The van der Waals surface area contributed by atoms with E-state index in [2.05, 4.69) is 19.9 Å². The Bertz CT molecular complexity index is 355. The zero-order chi connectivity index (χ0) is 14.0. The first-order valence-electron chi connectivity index (χ1n) is 5.82. The number of hydrogen-bond acceptors (Lipinski definition) is 2. The molecule has 0 heterocycles. The molecule has 4 heteroatoms. The second kappa shape index (κ2) is 10.1. The molecule has 0 unspecified atom stereocenters. The molecule has 0 aliphatic carbocycles. The molecule has 0 bridgehead atoms. The molecule has 0 fully saturated rings. The molecule has 18 heavy (non-hydrogen) atoms. The zero-order valence-corrected chi connectivity index (χ0v) is 12.1. The van der Waals surface area contributed by atoms with Crippen molar-refractivity contribution in [1.29, 1.82) is 0 Å². The first-order chi connectivity index (χ1) is 8.47. The highest BCUT2D eigenvalue weighted by molar-refractivity contribution is 6.54. The molecule has 0 rings (SSSR count). The predicted octanol–water partition coefficient (Wildman–Crippen LogP) is 4.03. The van der Waals surface area contributed by atoms with Crippen LogP contribution < -0.4 is 0 Å². The van der Waals surface area contributed by atoms with Crippen LogP contribution in [0.1, 0.15) is 26.7 Å². The fourth-order valence-electron chi connectivity index (χ4n) is 0.989. The predicted molar refractivity (Wildman–Crippen MR) is 77.0 cm³/mol. The van der Waals surface area contributed by atoms with E-state index in [0.29, 0.717) is 5.92 Å². The van der Waals surface area contributed by atoms with Gasteiger partial charge in [-0.1, -0.05) is 73.9 Å². The fraction of sp³-hybridized carbons (Fsp3) is 0.429. The minimum absolute atomic E-state index is 0.259. The maximum atomic E-state index is 11.3. The van der Waals surface area contributed by atoms with Crippen LogP contribution in [-0.4, -0.2) is 16.4 Å². The van der Waals surface area contributed by atoms with Gasteiger partial charge in [0.25, 0.3) is 0 Å². The van der Waals surface area contributed by atoms with Gasteiger partial charge in [-0.25, -0.2) is 0 Å². The summed E-state index contributed by atoms with van der Waals surface area (Å²) in [6, 6.07) is 0. The van der Waals surface area contributed by atoms with Gasteiger partial charge in [-0.05, 0) is 12.0 Å². The number of halogens is 2. The van der Waals surface area contributed by atoms with Crippen molar-refractivity contribution in [1.82, 2.24) is 0 Å². The first-order valence-corrected chi connectivity index (χ1v) is 6.69. The molecule has 0 saturated heterocycles. The van der Waals surface area contributed by atoms with Crippen molar-refractivity contribution in [2.45, 2.75) is 31.5 Å². The van der Waals surface area contributed by atoms with Gasteiger partial charge in [0.15, 0.2) is 16.4 Å². The molecular weight excluding hydrogens is 271 g/mol. The molecule has 0 aliphatic heterocycles. The summed E-state index contributed by atoms with van der Waals surface area (Å²) in [5.41, 5.74) is 0. The average molecular weight is 289 g/mol. The van der Waals surface area contributed by atoms with E-state index in [0.717, 1.165) is 6.42 Å². The SMILES string of the molecule is CC[C@H](C)/C=C/C=C/C=C/C(=O)CC(=O)C(Cl)Cl. The summed E-state index contributed by atoms with van der Waals surface area (Å²) < 4.78 is 0. The second-order valence-electron chi connectivity index (χ2n) is 3.92.